The Bertz CT molecular complexity index is 904. The third-order valence-electron chi connectivity index (χ3n) is 3.51. The Hall–Kier alpha value is -2.11. The third-order valence-corrected chi connectivity index (χ3v) is 5.61. The molecule has 0 atom stereocenters. The van der Waals surface area contributed by atoms with Gasteiger partial charge in [-0.15, -0.1) is 22.7 Å². The summed E-state index contributed by atoms with van der Waals surface area (Å²) >= 11 is 3.45. The molecule has 0 fully saturated rings. The summed E-state index contributed by atoms with van der Waals surface area (Å²) in [6.07, 6.45) is 0. The SMILES string of the molecule is Cc1ccccc1-c1c(-c2cc3sccc3s2)noc1N. The van der Waals surface area contributed by atoms with Gasteiger partial charge in [0.25, 0.3) is 0 Å². The van der Waals surface area contributed by atoms with E-state index in [9.17, 15) is 0 Å². The normalized spacial score (nSPS) is 11.3. The highest BCUT2D eigenvalue weighted by Crippen LogP contribution is 2.42. The van der Waals surface area contributed by atoms with Gasteiger partial charge in [0.15, 0.2) is 0 Å². The minimum atomic E-state index is 0.371. The number of thiophene rings is 2. The summed E-state index contributed by atoms with van der Waals surface area (Å²) in [5.41, 5.74) is 9.98. The molecule has 104 valence electrons. The highest BCUT2D eigenvalue weighted by atomic mass is 32.1. The van der Waals surface area contributed by atoms with Crippen molar-refractivity contribution in [1.82, 2.24) is 5.16 Å². The zero-order valence-corrected chi connectivity index (χ0v) is 12.9. The molecule has 21 heavy (non-hydrogen) atoms. The lowest BCUT2D eigenvalue weighted by atomic mass is 10.00. The van der Waals surface area contributed by atoms with E-state index < -0.39 is 0 Å². The first kappa shape index (κ1) is 12.6. The van der Waals surface area contributed by atoms with Crippen LogP contribution >= 0.6 is 22.7 Å². The fraction of sp³-hybridized carbons (Fsp3) is 0.0625. The number of aryl methyl sites for hydroxylation is 1. The number of rotatable bonds is 2. The predicted octanol–water partition coefficient (Wildman–Crippen LogP) is 5.18. The summed E-state index contributed by atoms with van der Waals surface area (Å²) in [5.74, 6) is 0.371. The summed E-state index contributed by atoms with van der Waals surface area (Å²) in [6.45, 7) is 2.07. The number of nitrogens with zero attached hydrogens (tertiary/aromatic N) is 1. The molecule has 0 radical (unpaired) electrons. The lowest BCUT2D eigenvalue weighted by Gasteiger charge is -2.04. The molecule has 0 bridgehead atoms. The molecule has 3 aromatic heterocycles. The molecule has 3 nitrogen and oxygen atoms in total. The fourth-order valence-corrected chi connectivity index (χ4v) is 4.56. The Morgan fingerprint density at radius 2 is 2.00 bits per heavy atom. The number of anilines is 1. The molecule has 2 N–H and O–H groups in total. The molecule has 0 saturated carbocycles. The smallest absolute Gasteiger partial charge is 0.230 e. The first-order valence-electron chi connectivity index (χ1n) is 6.52. The van der Waals surface area contributed by atoms with E-state index in [0.29, 0.717) is 5.88 Å². The molecule has 0 aliphatic carbocycles. The average Bonchev–Trinajstić information content (AvgIpc) is 3.13. The van der Waals surface area contributed by atoms with Gasteiger partial charge in [0.2, 0.25) is 5.88 Å². The minimum absolute atomic E-state index is 0.371. The number of nitrogen functional groups attached to an aromatic ring is 1. The topological polar surface area (TPSA) is 52.0 Å². The first-order chi connectivity index (χ1) is 10.2. The van der Waals surface area contributed by atoms with Crippen molar-refractivity contribution in [3.8, 4) is 21.7 Å². The van der Waals surface area contributed by atoms with Gasteiger partial charge in [0.05, 0.1) is 10.4 Å². The summed E-state index contributed by atoms with van der Waals surface area (Å²) in [7, 11) is 0. The Morgan fingerprint density at radius 1 is 1.14 bits per heavy atom. The van der Waals surface area contributed by atoms with Crippen LogP contribution in [0, 0.1) is 6.92 Å². The van der Waals surface area contributed by atoms with Gasteiger partial charge in [0.1, 0.15) is 5.69 Å². The van der Waals surface area contributed by atoms with E-state index in [1.165, 1.54) is 9.40 Å². The molecule has 4 aromatic rings. The van der Waals surface area contributed by atoms with Crippen LogP contribution < -0.4 is 5.73 Å². The number of hydrogen-bond donors (Lipinski definition) is 1. The molecule has 1 aromatic carbocycles. The van der Waals surface area contributed by atoms with Gasteiger partial charge < -0.3 is 10.3 Å². The maximum absolute atomic E-state index is 6.03. The maximum Gasteiger partial charge on any atom is 0.230 e. The van der Waals surface area contributed by atoms with Crippen LogP contribution in [-0.2, 0) is 0 Å². The van der Waals surface area contributed by atoms with Gasteiger partial charge in [-0.3, -0.25) is 0 Å². The summed E-state index contributed by atoms with van der Waals surface area (Å²) < 4.78 is 7.81. The van der Waals surface area contributed by atoms with Gasteiger partial charge in [-0.1, -0.05) is 29.4 Å². The zero-order chi connectivity index (χ0) is 14.4. The molecule has 0 aliphatic rings. The molecular weight excluding hydrogens is 300 g/mol. The van der Waals surface area contributed by atoms with Crippen molar-refractivity contribution in [2.45, 2.75) is 6.92 Å². The van der Waals surface area contributed by atoms with Crippen molar-refractivity contribution in [3.05, 3.63) is 47.3 Å². The molecule has 5 heteroatoms. The van der Waals surface area contributed by atoms with Crippen molar-refractivity contribution in [2.75, 3.05) is 5.73 Å². The minimum Gasteiger partial charge on any atom is -0.367 e. The van der Waals surface area contributed by atoms with Crippen molar-refractivity contribution < 1.29 is 4.52 Å². The first-order valence-corrected chi connectivity index (χ1v) is 8.22. The van der Waals surface area contributed by atoms with Gasteiger partial charge in [-0.2, -0.15) is 0 Å². The molecule has 0 unspecified atom stereocenters. The Kier molecular flexibility index (Phi) is 2.83. The van der Waals surface area contributed by atoms with E-state index in [2.05, 4.69) is 41.7 Å². The molecular formula is C16H12N2OS2. The van der Waals surface area contributed by atoms with E-state index >= 15 is 0 Å². The van der Waals surface area contributed by atoms with Crippen molar-refractivity contribution in [3.63, 3.8) is 0 Å². The fourth-order valence-electron chi connectivity index (χ4n) is 2.47. The molecule has 0 spiro atoms. The quantitative estimate of drug-likeness (QED) is 0.555. The second kappa shape index (κ2) is 4.72. The Labute approximate surface area is 129 Å². The van der Waals surface area contributed by atoms with Crippen LogP contribution in [-0.4, -0.2) is 5.16 Å². The lowest BCUT2D eigenvalue weighted by molar-refractivity contribution is 0.439. The second-order valence-corrected chi connectivity index (χ2v) is 6.88. The molecule has 0 aliphatic heterocycles. The van der Waals surface area contributed by atoms with Crippen LogP contribution in [0.2, 0.25) is 0 Å². The van der Waals surface area contributed by atoms with Crippen LogP contribution in [0.15, 0.2) is 46.3 Å². The highest BCUT2D eigenvalue weighted by molar-refractivity contribution is 7.28. The molecule has 3 heterocycles. The molecule has 0 amide bonds. The van der Waals surface area contributed by atoms with Crippen molar-refractivity contribution in [2.24, 2.45) is 0 Å². The monoisotopic (exact) mass is 312 g/mol. The standard InChI is InChI=1S/C16H12N2OS2/c1-9-4-2-3-5-10(9)14-15(18-19-16(14)17)13-8-12-11(21-13)6-7-20-12/h2-8H,17H2,1H3. The maximum atomic E-state index is 6.03. The van der Waals surface area contributed by atoms with Crippen LogP contribution in [0.1, 0.15) is 5.56 Å². The third kappa shape index (κ3) is 1.97. The Balaban J connectivity index is 1.95. The largest absolute Gasteiger partial charge is 0.367 e. The number of fused-ring (bicyclic) bond motifs is 1. The van der Waals surface area contributed by atoms with E-state index in [-0.39, 0.29) is 0 Å². The average molecular weight is 312 g/mol. The van der Waals surface area contributed by atoms with Crippen LogP contribution in [0.3, 0.4) is 0 Å². The number of aromatic nitrogens is 1. The number of hydrogen-bond acceptors (Lipinski definition) is 5. The van der Waals surface area contributed by atoms with Crippen LogP contribution in [0.4, 0.5) is 5.88 Å². The summed E-state index contributed by atoms with van der Waals surface area (Å²) in [5, 5.41) is 6.29. The van der Waals surface area contributed by atoms with E-state index in [0.717, 1.165) is 27.3 Å². The van der Waals surface area contributed by atoms with E-state index in [1.54, 1.807) is 22.7 Å². The van der Waals surface area contributed by atoms with Gasteiger partial charge >= 0.3 is 0 Å². The lowest BCUT2D eigenvalue weighted by Crippen LogP contribution is -1.89. The summed E-state index contributed by atoms with van der Waals surface area (Å²) in [4.78, 5) is 1.09. The molecule has 0 saturated heterocycles. The van der Waals surface area contributed by atoms with Gasteiger partial charge in [-0.05, 0) is 35.6 Å². The van der Waals surface area contributed by atoms with Gasteiger partial charge in [-0.25, -0.2) is 0 Å². The zero-order valence-electron chi connectivity index (χ0n) is 11.3. The highest BCUT2D eigenvalue weighted by Gasteiger charge is 2.20. The van der Waals surface area contributed by atoms with Gasteiger partial charge in [0, 0.05) is 9.40 Å². The van der Waals surface area contributed by atoms with Crippen LogP contribution in [0.5, 0.6) is 0 Å². The Morgan fingerprint density at radius 3 is 2.81 bits per heavy atom. The second-order valence-electron chi connectivity index (χ2n) is 4.85. The van der Waals surface area contributed by atoms with Crippen molar-refractivity contribution in [1.29, 1.82) is 0 Å². The number of benzene rings is 1. The predicted molar refractivity (Wildman–Crippen MR) is 89.8 cm³/mol. The molecule has 4 rings (SSSR count). The number of nitrogens with two attached hydrogens (primary N) is 1. The van der Waals surface area contributed by atoms with E-state index in [4.69, 9.17) is 10.3 Å². The van der Waals surface area contributed by atoms with Crippen molar-refractivity contribution >= 4 is 38.0 Å². The van der Waals surface area contributed by atoms with Crippen LogP contribution in [0.25, 0.3) is 31.1 Å². The van der Waals surface area contributed by atoms with E-state index in [1.807, 2.05) is 12.1 Å². The summed E-state index contributed by atoms with van der Waals surface area (Å²) in [6, 6.07) is 12.4.